The minimum absolute atomic E-state index is 1.75. The van der Waals surface area contributed by atoms with Crippen molar-refractivity contribution in [3.05, 3.63) is 12.7 Å². The monoisotopic (exact) mass is 76.1 g/mol. The van der Waals surface area contributed by atoms with Crippen LogP contribution in [0.5, 0.6) is 0 Å². The second-order valence-corrected chi connectivity index (χ2v) is 0.408. The number of allylic oxidation sites excluding steroid dienone is 1. The van der Waals surface area contributed by atoms with Crippen LogP contribution in [0.4, 0.5) is 0 Å². The second-order valence-electron chi connectivity index (χ2n) is 0.408. The first-order chi connectivity index (χ1) is 2.41. The van der Waals surface area contributed by atoms with Crippen molar-refractivity contribution < 1.29 is 10.5 Å². The Labute approximate surface area is 31.3 Å². The Morgan fingerprint density at radius 1 is 1.60 bits per heavy atom. The molecule has 0 saturated carbocycles. The van der Waals surface area contributed by atoms with Crippen LogP contribution in [0.2, 0.25) is 0 Å². The van der Waals surface area contributed by atoms with Gasteiger partial charge in [-0.15, -0.1) is 6.58 Å². The fourth-order valence-electron chi connectivity index (χ4n) is 0. The lowest BCUT2D eigenvalue weighted by Crippen LogP contribution is -1.29. The fraction of sp³-hybridized carbons (Fsp3) is 0.333. The van der Waals surface area contributed by atoms with Crippen molar-refractivity contribution in [1.29, 1.82) is 0 Å². The average Bonchev–Trinajstić information content (AvgIpc) is 1.46. The van der Waals surface area contributed by atoms with E-state index in [1.54, 1.807) is 6.08 Å². The minimum atomic E-state index is 1.75. The second kappa shape index (κ2) is 59.5. The molecule has 5 heavy (non-hydrogen) atoms. The van der Waals surface area contributed by atoms with Crippen molar-refractivity contribution in [3.63, 3.8) is 0 Å². The van der Waals surface area contributed by atoms with Crippen LogP contribution >= 0.6 is 0 Å². The average molecular weight is 76.1 g/mol. The third-order valence-corrected chi connectivity index (χ3v) is 0. The Morgan fingerprint density at radius 2 is 1.60 bits per heavy atom. The maximum Gasteiger partial charge on any atom is -0.0473 e. The molecule has 0 radical (unpaired) electrons. The van der Waals surface area contributed by atoms with E-state index in [9.17, 15) is 0 Å². The summed E-state index contributed by atoms with van der Waals surface area (Å²) < 4.78 is 0. The number of rotatable bonds is 0. The van der Waals surface area contributed by atoms with Crippen molar-refractivity contribution in [2.45, 2.75) is 6.92 Å². The van der Waals surface area contributed by atoms with Gasteiger partial charge in [-0.1, -0.05) is 6.08 Å². The zero-order valence-corrected chi connectivity index (χ0v) is 3.18. The Kier molecular flexibility index (Phi) is 105. The quantitative estimate of drug-likeness (QED) is 0.258. The van der Waals surface area contributed by atoms with Crippen molar-refractivity contribution in [3.8, 4) is 0 Å². The normalized spacial score (nSPS) is 3.80. The summed E-state index contributed by atoms with van der Waals surface area (Å²) in [5.74, 6) is 0. The molecule has 32 valence electrons. The maximum atomic E-state index is 6.00. The van der Waals surface area contributed by atoms with Gasteiger partial charge in [-0.25, -0.2) is 0 Å². The molecule has 0 amide bonds. The van der Waals surface area contributed by atoms with Crippen molar-refractivity contribution in [2.24, 2.45) is 0 Å². The first-order valence-corrected chi connectivity index (χ1v) is 1.19. The van der Waals surface area contributed by atoms with Gasteiger partial charge in [0.2, 0.25) is 0 Å². The summed E-state index contributed by atoms with van der Waals surface area (Å²) in [6.07, 6.45) is 1.75. The van der Waals surface area contributed by atoms with E-state index < -0.39 is 0 Å². The summed E-state index contributed by atoms with van der Waals surface area (Å²) in [7, 11) is 0. The first kappa shape index (κ1) is 8.82. The summed E-state index contributed by atoms with van der Waals surface area (Å²) >= 11 is 0. The summed E-state index contributed by atoms with van der Waals surface area (Å²) in [6.45, 7) is 5.25. The van der Waals surface area contributed by atoms with Crippen LogP contribution in [0.15, 0.2) is 12.7 Å². The molecule has 0 bridgehead atoms. The molecular formula is C3H8O2. The molecule has 0 aliphatic heterocycles. The molecule has 2 heteroatoms. The van der Waals surface area contributed by atoms with E-state index in [0.717, 1.165) is 0 Å². The van der Waals surface area contributed by atoms with Crippen LogP contribution in [0.1, 0.15) is 6.92 Å². The van der Waals surface area contributed by atoms with E-state index in [1.807, 2.05) is 6.92 Å². The first-order valence-electron chi connectivity index (χ1n) is 1.19. The topological polar surface area (TPSA) is 40.5 Å². The molecule has 0 rings (SSSR count). The van der Waals surface area contributed by atoms with Gasteiger partial charge in [-0.05, 0) is 6.92 Å². The Balaban J connectivity index is 0. The lowest BCUT2D eigenvalue weighted by Gasteiger charge is -1.31. The Bertz CT molecular complexity index is 12.4. The molecule has 0 aliphatic carbocycles. The molecular weight excluding hydrogens is 68.0 g/mol. The highest BCUT2D eigenvalue weighted by molar-refractivity contribution is 4.51. The van der Waals surface area contributed by atoms with Crippen LogP contribution < -0.4 is 0 Å². The lowest BCUT2D eigenvalue weighted by molar-refractivity contribution is -0.176. The Morgan fingerprint density at radius 3 is 1.60 bits per heavy atom. The third-order valence-electron chi connectivity index (χ3n) is 0. The van der Waals surface area contributed by atoms with Gasteiger partial charge >= 0.3 is 0 Å². The van der Waals surface area contributed by atoms with Gasteiger partial charge in [0.15, 0.2) is 0 Å². The smallest absolute Gasteiger partial charge is 0.0473 e. The molecule has 2 nitrogen and oxygen atoms in total. The molecule has 0 aromatic carbocycles. The number of hydrogen-bond acceptors (Lipinski definition) is 2. The van der Waals surface area contributed by atoms with Gasteiger partial charge in [0, 0.05) is 0 Å². The Hall–Kier alpha value is -0.340. The standard InChI is InChI=1S/C3H6.H2O2/c1-3-2;1-2/h3H,1H2,2H3;1-2H. The van der Waals surface area contributed by atoms with Crippen LogP contribution in [0.25, 0.3) is 0 Å². The predicted molar refractivity (Wildman–Crippen MR) is 21.1 cm³/mol. The zero-order valence-electron chi connectivity index (χ0n) is 3.18. The summed E-state index contributed by atoms with van der Waals surface area (Å²) in [4.78, 5) is 0. The number of hydrogen-bond donors (Lipinski definition) is 2. The molecule has 0 aromatic heterocycles. The van der Waals surface area contributed by atoms with Gasteiger partial charge in [0.1, 0.15) is 0 Å². The van der Waals surface area contributed by atoms with E-state index in [1.165, 1.54) is 0 Å². The predicted octanol–water partition coefficient (Wildman–Crippen LogP) is 1.21. The molecule has 0 aliphatic rings. The molecule has 0 spiro atoms. The van der Waals surface area contributed by atoms with Crippen molar-refractivity contribution in [2.75, 3.05) is 0 Å². The van der Waals surface area contributed by atoms with E-state index >= 15 is 0 Å². The molecule has 0 unspecified atom stereocenters. The molecule has 0 saturated heterocycles. The van der Waals surface area contributed by atoms with Crippen molar-refractivity contribution >= 4 is 0 Å². The fourth-order valence-corrected chi connectivity index (χ4v) is 0. The van der Waals surface area contributed by atoms with Gasteiger partial charge in [-0.2, -0.15) is 0 Å². The van der Waals surface area contributed by atoms with Crippen molar-refractivity contribution in [1.82, 2.24) is 0 Å². The minimum Gasteiger partial charge on any atom is -0.255 e. The molecule has 0 atom stereocenters. The largest absolute Gasteiger partial charge is 0.255 e. The maximum absolute atomic E-state index is 6.00. The van der Waals surface area contributed by atoms with Crippen LogP contribution in [0, 0.1) is 0 Å². The molecule has 0 aromatic rings. The van der Waals surface area contributed by atoms with E-state index in [4.69, 9.17) is 10.5 Å². The van der Waals surface area contributed by atoms with E-state index in [0.29, 0.717) is 0 Å². The highest BCUT2D eigenvalue weighted by atomic mass is 17.0. The van der Waals surface area contributed by atoms with E-state index in [2.05, 4.69) is 6.58 Å². The van der Waals surface area contributed by atoms with Gasteiger partial charge in [0.05, 0.1) is 0 Å². The van der Waals surface area contributed by atoms with Crippen LogP contribution in [0.3, 0.4) is 0 Å². The van der Waals surface area contributed by atoms with Crippen LogP contribution in [-0.4, -0.2) is 10.5 Å². The molecule has 0 heterocycles. The molecule has 2 N–H and O–H groups in total. The highest BCUT2D eigenvalue weighted by Crippen LogP contribution is 1.38. The van der Waals surface area contributed by atoms with E-state index in [-0.39, 0.29) is 0 Å². The lowest BCUT2D eigenvalue weighted by atomic mass is 10.8. The van der Waals surface area contributed by atoms with Gasteiger partial charge < -0.3 is 0 Å². The SMILES string of the molecule is C=CC.OO. The third kappa shape index (κ3) is 87.2. The van der Waals surface area contributed by atoms with Gasteiger partial charge in [-0.3, -0.25) is 10.5 Å². The highest BCUT2D eigenvalue weighted by Gasteiger charge is 1.15. The molecule has 0 fully saturated rings. The summed E-state index contributed by atoms with van der Waals surface area (Å²) in [5, 5.41) is 12.0. The summed E-state index contributed by atoms with van der Waals surface area (Å²) in [6, 6.07) is 0. The summed E-state index contributed by atoms with van der Waals surface area (Å²) in [5.41, 5.74) is 0. The van der Waals surface area contributed by atoms with Crippen LogP contribution in [-0.2, 0) is 0 Å². The zero-order chi connectivity index (χ0) is 4.71. The van der Waals surface area contributed by atoms with Gasteiger partial charge in [0.25, 0.3) is 0 Å².